The Kier molecular flexibility index (Phi) is 5.20. The van der Waals surface area contributed by atoms with Crippen LogP contribution in [0.5, 0.6) is 0 Å². The molecular weight excluding hydrogens is 174 g/mol. The molecule has 3 atom stereocenters. The summed E-state index contributed by atoms with van der Waals surface area (Å²) in [6, 6.07) is 0.598. The fraction of sp³-hybridized carbons (Fsp3) is 0.833. The van der Waals surface area contributed by atoms with Crippen molar-refractivity contribution in [1.82, 2.24) is 5.32 Å². The summed E-state index contributed by atoms with van der Waals surface area (Å²) in [7, 11) is 0. The van der Waals surface area contributed by atoms with Gasteiger partial charge in [0.25, 0.3) is 0 Å². The van der Waals surface area contributed by atoms with Gasteiger partial charge in [-0.25, -0.2) is 0 Å². The normalized spacial score (nSPS) is 29.0. The van der Waals surface area contributed by atoms with Gasteiger partial charge in [0, 0.05) is 19.2 Å². The van der Waals surface area contributed by atoms with Crippen LogP contribution in [0.4, 0.5) is 0 Å². The molecule has 0 aromatic rings. The SMILES string of the molecule is C=CCCC(C)NCC1CCOC1C. The second kappa shape index (κ2) is 6.20. The van der Waals surface area contributed by atoms with E-state index >= 15 is 0 Å². The lowest BCUT2D eigenvalue weighted by Crippen LogP contribution is -2.33. The monoisotopic (exact) mass is 197 g/mol. The maximum absolute atomic E-state index is 5.52. The summed E-state index contributed by atoms with van der Waals surface area (Å²) in [4.78, 5) is 0. The third-order valence-electron chi connectivity index (χ3n) is 3.07. The summed E-state index contributed by atoms with van der Waals surface area (Å²) >= 11 is 0. The minimum atomic E-state index is 0.439. The van der Waals surface area contributed by atoms with Gasteiger partial charge >= 0.3 is 0 Å². The summed E-state index contributed by atoms with van der Waals surface area (Å²) < 4.78 is 5.52. The van der Waals surface area contributed by atoms with Crippen LogP contribution in [-0.4, -0.2) is 25.3 Å². The molecule has 0 radical (unpaired) electrons. The Labute approximate surface area is 87.7 Å². The van der Waals surface area contributed by atoms with Gasteiger partial charge in [-0.05, 0) is 39.0 Å². The average Bonchev–Trinajstić information content (AvgIpc) is 2.58. The highest BCUT2D eigenvalue weighted by Crippen LogP contribution is 2.19. The van der Waals surface area contributed by atoms with E-state index in [4.69, 9.17) is 4.74 Å². The Morgan fingerprint density at radius 3 is 3.00 bits per heavy atom. The van der Waals surface area contributed by atoms with Gasteiger partial charge < -0.3 is 10.1 Å². The highest BCUT2D eigenvalue weighted by atomic mass is 16.5. The van der Waals surface area contributed by atoms with Crippen LogP contribution in [0, 0.1) is 5.92 Å². The van der Waals surface area contributed by atoms with Crippen molar-refractivity contribution in [3.05, 3.63) is 12.7 Å². The van der Waals surface area contributed by atoms with Crippen molar-refractivity contribution in [3.8, 4) is 0 Å². The van der Waals surface area contributed by atoms with E-state index in [0.717, 1.165) is 19.6 Å². The number of nitrogens with one attached hydrogen (secondary N) is 1. The summed E-state index contributed by atoms with van der Waals surface area (Å²) in [5.41, 5.74) is 0. The van der Waals surface area contributed by atoms with Crippen LogP contribution in [0.3, 0.4) is 0 Å². The molecule has 0 aliphatic carbocycles. The summed E-state index contributed by atoms with van der Waals surface area (Å²) in [6.45, 7) is 10.2. The maximum atomic E-state index is 5.52. The van der Waals surface area contributed by atoms with Crippen LogP contribution >= 0.6 is 0 Å². The molecule has 1 aliphatic rings. The third kappa shape index (κ3) is 3.81. The van der Waals surface area contributed by atoms with Gasteiger partial charge in [0.1, 0.15) is 0 Å². The average molecular weight is 197 g/mol. The van der Waals surface area contributed by atoms with E-state index in [1.165, 1.54) is 12.8 Å². The molecule has 0 aromatic heterocycles. The molecule has 0 amide bonds. The second-order valence-electron chi connectivity index (χ2n) is 4.30. The molecular formula is C12H23NO. The molecule has 2 nitrogen and oxygen atoms in total. The smallest absolute Gasteiger partial charge is 0.0588 e. The van der Waals surface area contributed by atoms with Crippen LogP contribution < -0.4 is 5.32 Å². The van der Waals surface area contributed by atoms with Crippen molar-refractivity contribution in [2.75, 3.05) is 13.2 Å². The van der Waals surface area contributed by atoms with Crippen LogP contribution in [0.15, 0.2) is 12.7 Å². The minimum absolute atomic E-state index is 0.439. The Morgan fingerprint density at radius 2 is 2.43 bits per heavy atom. The molecule has 82 valence electrons. The maximum Gasteiger partial charge on any atom is 0.0588 e. The van der Waals surface area contributed by atoms with E-state index in [0.29, 0.717) is 18.1 Å². The topological polar surface area (TPSA) is 21.3 Å². The van der Waals surface area contributed by atoms with E-state index in [9.17, 15) is 0 Å². The first kappa shape index (κ1) is 11.7. The lowest BCUT2D eigenvalue weighted by atomic mass is 10.0. The number of hydrogen-bond donors (Lipinski definition) is 1. The molecule has 1 N–H and O–H groups in total. The predicted molar refractivity (Wildman–Crippen MR) is 60.4 cm³/mol. The molecule has 0 aromatic carbocycles. The van der Waals surface area contributed by atoms with Gasteiger partial charge in [0.05, 0.1) is 6.10 Å². The molecule has 1 saturated heterocycles. The van der Waals surface area contributed by atoms with Gasteiger partial charge in [-0.3, -0.25) is 0 Å². The lowest BCUT2D eigenvalue weighted by Gasteiger charge is -2.18. The summed E-state index contributed by atoms with van der Waals surface area (Å²) in [5, 5.41) is 3.56. The standard InChI is InChI=1S/C12H23NO/c1-4-5-6-10(2)13-9-12-7-8-14-11(12)3/h4,10-13H,1,5-9H2,2-3H3. The fourth-order valence-corrected chi connectivity index (χ4v) is 1.87. The zero-order valence-corrected chi connectivity index (χ0v) is 9.46. The zero-order chi connectivity index (χ0) is 10.4. The zero-order valence-electron chi connectivity index (χ0n) is 9.46. The van der Waals surface area contributed by atoms with Gasteiger partial charge in [0.2, 0.25) is 0 Å². The van der Waals surface area contributed by atoms with E-state index < -0.39 is 0 Å². The van der Waals surface area contributed by atoms with Crippen molar-refractivity contribution in [2.24, 2.45) is 5.92 Å². The summed E-state index contributed by atoms with van der Waals surface area (Å²) in [5.74, 6) is 0.709. The number of allylic oxidation sites excluding steroid dienone is 1. The Balaban J connectivity index is 2.09. The molecule has 1 rings (SSSR count). The summed E-state index contributed by atoms with van der Waals surface area (Å²) in [6.07, 6.45) is 5.92. The highest BCUT2D eigenvalue weighted by Gasteiger charge is 2.23. The predicted octanol–water partition coefficient (Wildman–Crippen LogP) is 2.36. The molecule has 1 fully saturated rings. The highest BCUT2D eigenvalue weighted by molar-refractivity contribution is 4.77. The van der Waals surface area contributed by atoms with Crippen LogP contribution in [0.2, 0.25) is 0 Å². The molecule has 1 heterocycles. The van der Waals surface area contributed by atoms with E-state index in [-0.39, 0.29) is 0 Å². The number of ether oxygens (including phenoxy) is 1. The largest absolute Gasteiger partial charge is 0.378 e. The molecule has 2 heteroatoms. The Morgan fingerprint density at radius 1 is 1.64 bits per heavy atom. The number of hydrogen-bond acceptors (Lipinski definition) is 2. The first-order valence-corrected chi connectivity index (χ1v) is 5.70. The molecule has 14 heavy (non-hydrogen) atoms. The molecule has 0 spiro atoms. The van der Waals surface area contributed by atoms with Gasteiger partial charge in [-0.15, -0.1) is 6.58 Å². The van der Waals surface area contributed by atoms with Crippen LogP contribution in [0.25, 0.3) is 0 Å². The van der Waals surface area contributed by atoms with Crippen molar-refractivity contribution in [3.63, 3.8) is 0 Å². The number of rotatable bonds is 6. The van der Waals surface area contributed by atoms with Gasteiger partial charge in [0.15, 0.2) is 0 Å². The molecule has 0 bridgehead atoms. The second-order valence-corrected chi connectivity index (χ2v) is 4.30. The Hall–Kier alpha value is -0.340. The van der Waals surface area contributed by atoms with Crippen LogP contribution in [0.1, 0.15) is 33.1 Å². The Bertz CT molecular complexity index is 170. The van der Waals surface area contributed by atoms with E-state index in [1.807, 2.05) is 6.08 Å². The van der Waals surface area contributed by atoms with E-state index in [1.54, 1.807) is 0 Å². The van der Waals surface area contributed by atoms with Gasteiger partial charge in [-0.2, -0.15) is 0 Å². The minimum Gasteiger partial charge on any atom is -0.378 e. The molecule has 0 saturated carbocycles. The first-order chi connectivity index (χ1) is 6.74. The van der Waals surface area contributed by atoms with Gasteiger partial charge in [-0.1, -0.05) is 6.08 Å². The first-order valence-electron chi connectivity index (χ1n) is 5.70. The lowest BCUT2D eigenvalue weighted by molar-refractivity contribution is 0.105. The fourth-order valence-electron chi connectivity index (χ4n) is 1.87. The van der Waals surface area contributed by atoms with Crippen LogP contribution in [-0.2, 0) is 4.74 Å². The third-order valence-corrected chi connectivity index (χ3v) is 3.07. The van der Waals surface area contributed by atoms with Crippen molar-refractivity contribution >= 4 is 0 Å². The van der Waals surface area contributed by atoms with E-state index in [2.05, 4.69) is 25.7 Å². The molecule has 1 aliphatic heterocycles. The van der Waals surface area contributed by atoms with Crippen molar-refractivity contribution in [2.45, 2.75) is 45.3 Å². The van der Waals surface area contributed by atoms with Crippen molar-refractivity contribution in [1.29, 1.82) is 0 Å². The molecule has 3 unspecified atom stereocenters. The quantitative estimate of drug-likeness (QED) is 0.660. The van der Waals surface area contributed by atoms with Crippen molar-refractivity contribution < 1.29 is 4.74 Å².